The smallest absolute Gasteiger partial charge is 0.136 e. The fourth-order valence-corrected chi connectivity index (χ4v) is 3.20. The Balaban J connectivity index is 1.87. The van der Waals surface area contributed by atoms with Gasteiger partial charge in [-0.05, 0) is 31.6 Å². The largest absolute Gasteiger partial charge is 0.374 e. The van der Waals surface area contributed by atoms with Crippen molar-refractivity contribution in [1.29, 1.82) is 0 Å². The molecule has 0 radical (unpaired) electrons. The van der Waals surface area contributed by atoms with Gasteiger partial charge in [-0.2, -0.15) is 0 Å². The van der Waals surface area contributed by atoms with Gasteiger partial charge in [-0.3, -0.25) is 0 Å². The molecule has 1 aromatic rings. The van der Waals surface area contributed by atoms with Crippen LogP contribution in [0.1, 0.15) is 69.8 Å². The van der Waals surface area contributed by atoms with Crippen LogP contribution in [-0.4, -0.2) is 28.7 Å². The molecular weight excluding hydrogens is 250 g/mol. The zero-order valence-electron chi connectivity index (χ0n) is 12.7. The van der Waals surface area contributed by atoms with Crippen LogP contribution in [0.3, 0.4) is 0 Å². The minimum absolute atomic E-state index is 0.349. The number of aromatic nitrogens is 2. The molecule has 1 aromatic heterocycles. The summed E-state index contributed by atoms with van der Waals surface area (Å²) in [6.45, 7) is 7.50. The second-order valence-electron chi connectivity index (χ2n) is 6.33. The lowest BCUT2D eigenvalue weighted by Crippen LogP contribution is -2.19. The van der Waals surface area contributed by atoms with Crippen molar-refractivity contribution in [2.75, 3.05) is 11.9 Å². The van der Waals surface area contributed by atoms with Crippen molar-refractivity contribution in [1.82, 2.24) is 9.97 Å². The Morgan fingerprint density at radius 1 is 1.35 bits per heavy atom. The second kappa shape index (κ2) is 5.68. The summed E-state index contributed by atoms with van der Waals surface area (Å²) in [6.07, 6.45) is 5.38. The van der Waals surface area contributed by atoms with Gasteiger partial charge in [0.1, 0.15) is 11.6 Å². The zero-order chi connectivity index (χ0) is 14.1. The molecule has 0 aromatic carbocycles. The van der Waals surface area contributed by atoms with E-state index in [1.165, 1.54) is 12.8 Å². The molecule has 3 heterocycles. The van der Waals surface area contributed by atoms with Crippen LogP contribution in [0.2, 0.25) is 0 Å². The summed E-state index contributed by atoms with van der Waals surface area (Å²) in [5.41, 5.74) is 1.14. The van der Waals surface area contributed by atoms with E-state index in [4.69, 9.17) is 14.7 Å². The van der Waals surface area contributed by atoms with Crippen molar-refractivity contribution in [2.24, 2.45) is 0 Å². The molecule has 2 bridgehead atoms. The molecule has 2 fully saturated rings. The average Bonchev–Trinajstić information content (AvgIpc) is 3.07. The highest BCUT2D eigenvalue weighted by Crippen LogP contribution is 2.43. The van der Waals surface area contributed by atoms with E-state index in [0.29, 0.717) is 24.0 Å². The van der Waals surface area contributed by atoms with Crippen LogP contribution in [0.4, 0.5) is 5.82 Å². The predicted molar refractivity (Wildman–Crippen MR) is 80.2 cm³/mol. The summed E-state index contributed by atoms with van der Waals surface area (Å²) >= 11 is 0. The topological polar surface area (TPSA) is 47.0 Å². The minimum atomic E-state index is 0.349. The molecule has 2 aliphatic rings. The molecule has 0 spiro atoms. The van der Waals surface area contributed by atoms with E-state index < -0.39 is 0 Å². The quantitative estimate of drug-likeness (QED) is 0.894. The van der Waals surface area contributed by atoms with Gasteiger partial charge in [0.05, 0.1) is 12.2 Å². The molecule has 4 heteroatoms. The van der Waals surface area contributed by atoms with Crippen molar-refractivity contribution < 1.29 is 4.74 Å². The molecule has 0 amide bonds. The van der Waals surface area contributed by atoms with E-state index in [9.17, 15) is 0 Å². The van der Waals surface area contributed by atoms with Gasteiger partial charge in [0.2, 0.25) is 0 Å². The molecule has 3 atom stereocenters. The zero-order valence-corrected chi connectivity index (χ0v) is 12.7. The molecule has 0 saturated carbocycles. The Morgan fingerprint density at radius 2 is 2.20 bits per heavy atom. The third-order valence-corrected chi connectivity index (χ3v) is 4.35. The van der Waals surface area contributed by atoms with Gasteiger partial charge in [-0.15, -0.1) is 0 Å². The van der Waals surface area contributed by atoms with E-state index >= 15 is 0 Å². The van der Waals surface area contributed by atoms with Gasteiger partial charge in [0.15, 0.2) is 0 Å². The number of hydrogen-bond acceptors (Lipinski definition) is 4. The Hall–Kier alpha value is -1.16. The molecule has 110 valence electrons. The molecular formula is C16H25N3O. The maximum absolute atomic E-state index is 5.96. The standard InChI is InChI=1S/C16H25N3O/c1-4-7-17-15-9-13(10(2)3)18-16(19-15)12-8-11-5-6-14(12)20-11/h9-12,14H,4-8H2,1-3H3,(H,17,18,19). The Morgan fingerprint density at radius 3 is 2.80 bits per heavy atom. The molecule has 4 nitrogen and oxygen atoms in total. The Kier molecular flexibility index (Phi) is 3.92. The van der Waals surface area contributed by atoms with Crippen molar-refractivity contribution in [3.05, 3.63) is 17.6 Å². The number of fused-ring (bicyclic) bond motifs is 2. The number of rotatable bonds is 5. The SMILES string of the molecule is CCCNc1cc(C(C)C)nc(C2CC3CCC2O3)n1. The van der Waals surface area contributed by atoms with Crippen molar-refractivity contribution in [2.45, 2.75) is 70.5 Å². The summed E-state index contributed by atoms with van der Waals surface area (Å²) in [6, 6.07) is 2.10. The van der Waals surface area contributed by atoms with Crippen LogP contribution in [0.15, 0.2) is 6.07 Å². The van der Waals surface area contributed by atoms with Gasteiger partial charge in [0, 0.05) is 24.2 Å². The third-order valence-electron chi connectivity index (χ3n) is 4.35. The monoisotopic (exact) mass is 275 g/mol. The van der Waals surface area contributed by atoms with Crippen LogP contribution in [-0.2, 0) is 4.74 Å². The molecule has 0 aliphatic carbocycles. The number of hydrogen-bond donors (Lipinski definition) is 1. The highest BCUT2D eigenvalue weighted by molar-refractivity contribution is 5.37. The first-order valence-electron chi connectivity index (χ1n) is 7.95. The average molecular weight is 275 g/mol. The van der Waals surface area contributed by atoms with Crippen LogP contribution in [0, 0.1) is 0 Å². The Bertz CT molecular complexity index is 475. The van der Waals surface area contributed by atoms with Crippen LogP contribution >= 0.6 is 0 Å². The van der Waals surface area contributed by atoms with Crippen molar-refractivity contribution in [3.63, 3.8) is 0 Å². The lowest BCUT2D eigenvalue weighted by molar-refractivity contribution is 0.0998. The second-order valence-corrected chi connectivity index (χ2v) is 6.33. The molecule has 20 heavy (non-hydrogen) atoms. The molecule has 1 N–H and O–H groups in total. The number of anilines is 1. The number of nitrogens with zero attached hydrogens (tertiary/aromatic N) is 2. The van der Waals surface area contributed by atoms with Crippen LogP contribution in [0.25, 0.3) is 0 Å². The number of ether oxygens (including phenoxy) is 1. The van der Waals surface area contributed by atoms with E-state index in [-0.39, 0.29) is 0 Å². The lowest BCUT2D eigenvalue weighted by atomic mass is 9.88. The van der Waals surface area contributed by atoms with Crippen LogP contribution in [0.5, 0.6) is 0 Å². The Labute approximate surface area is 121 Å². The maximum Gasteiger partial charge on any atom is 0.136 e. The fourth-order valence-electron chi connectivity index (χ4n) is 3.20. The third kappa shape index (κ3) is 2.66. The highest BCUT2D eigenvalue weighted by Gasteiger charge is 2.43. The van der Waals surface area contributed by atoms with Crippen LogP contribution < -0.4 is 5.32 Å². The summed E-state index contributed by atoms with van der Waals surface area (Å²) in [5.74, 6) is 2.79. The molecule has 3 rings (SSSR count). The highest BCUT2D eigenvalue weighted by atomic mass is 16.5. The van der Waals surface area contributed by atoms with E-state index in [1.54, 1.807) is 0 Å². The first-order valence-corrected chi connectivity index (χ1v) is 7.95. The summed E-state index contributed by atoms with van der Waals surface area (Å²) in [4.78, 5) is 9.56. The first kappa shape index (κ1) is 13.8. The minimum Gasteiger partial charge on any atom is -0.374 e. The summed E-state index contributed by atoms with van der Waals surface area (Å²) in [7, 11) is 0. The molecule has 2 saturated heterocycles. The van der Waals surface area contributed by atoms with Gasteiger partial charge in [0.25, 0.3) is 0 Å². The fraction of sp³-hybridized carbons (Fsp3) is 0.750. The number of nitrogens with one attached hydrogen (secondary N) is 1. The van der Waals surface area contributed by atoms with Gasteiger partial charge < -0.3 is 10.1 Å². The lowest BCUT2D eigenvalue weighted by Gasteiger charge is -2.19. The van der Waals surface area contributed by atoms with Gasteiger partial charge in [-0.1, -0.05) is 20.8 Å². The van der Waals surface area contributed by atoms with Crippen molar-refractivity contribution in [3.8, 4) is 0 Å². The molecule has 2 aliphatic heterocycles. The maximum atomic E-state index is 5.96. The van der Waals surface area contributed by atoms with E-state index in [2.05, 4.69) is 32.2 Å². The normalized spacial score (nSPS) is 28.3. The van der Waals surface area contributed by atoms with E-state index in [0.717, 1.165) is 36.7 Å². The van der Waals surface area contributed by atoms with Gasteiger partial charge >= 0.3 is 0 Å². The summed E-state index contributed by atoms with van der Waals surface area (Å²) in [5, 5.41) is 3.41. The van der Waals surface area contributed by atoms with E-state index in [1.807, 2.05) is 0 Å². The summed E-state index contributed by atoms with van der Waals surface area (Å²) < 4.78 is 5.96. The first-order chi connectivity index (χ1) is 9.67. The van der Waals surface area contributed by atoms with Crippen molar-refractivity contribution >= 4 is 5.82 Å². The molecule has 3 unspecified atom stereocenters. The van der Waals surface area contributed by atoms with Gasteiger partial charge in [-0.25, -0.2) is 9.97 Å². The predicted octanol–water partition coefficient (Wildman–Crippen LogP) is 3.46.